The summed E-state index contributed by atoms with van der Waals surface area (Å²) >= 11 is 1.04. The van der Waals surface area contributed by atoms with Gasteiger partial charge in [-0.3, -0.25) is 19.3 Å². The third-order valence-electron chi connectivity index (χ3n) is 4.38. The zero-order valence-electron chi connectivity index (χ0n) is 12.3. The van der Waals surface area contributed by atoms with Gasteiger partial charge in [0.25, 0.3) is 5.24 Å². The lowest BCUT2D eigenvalue weighted by Crippen LogP contribution is -2.62. The first-order chi connectivity index (χ1) is 11.1. The second-order valence-electron chi connectivity index (χ2n) is 5.81. The Labute approximate surface area is 136 Å². The van der Waals surface area contributed by atoms with Crippen LogP contribution in [0.2, 0.25) is 0 Å². The van der Waals surface area contributed by atoms with E-state index in [9.17, 15) is 14.4 Å². The van der Waals surface area contributed by atoms with Gasteiger partial charge in [0.2, 0.25) is 11.8 Å². The third-order valence-corrected chi connectivity index (χ3v) is 5.22. The third kappa shape index (κ3) is 2.41. The van der Waals surface area contributed by atoms with Gasteiger partial charge in [0.05, 0.1) is 18.2 Å². The minimum Gasteiger partial charge on any atom is -0.361 e. The van der Waals surface area contributed by atoms with Crippen molar-refractivity contribution >= 4 is 39.7 Å². The maximum atomic E-state index is 12.4. The monoisotopic (exact) mass is 329 g/mol. The van der Waals surface area contributed by atoms with E-state index in [0.29, 0.717) is 19.5 Å². The predicted octanol–water partition coefficient (Wildman–Crippen LogP) is 1.62. The Morgan fingerprint density at radius 1 is 1.26 bits per heavy atom. The number of hydrogen-bond donors (Lipinski definition) is 1. The summed E-state index contributed by atoms with van der Waals surface area (Å²) in [6.07, 6.45) is 2.19. The first-order valence-corrected chi connectivity index (χ1v) is 8.43. The number of benzene rings is 1. The summed E-state index contributed by atoms with van der Waals surface area (Å²) in [7, 11) is 0. The van der Waals surface area contributed by atoms with Gasteiger partial charge in [0, 0.05) is 30.2 Å². The highest BCUT2D eigenvalue weighted by atomic mass is 32.2. The van der Waals surface area contributed by atoms with Crippen LogP contribution in [0.1, 0.15) is 5.56 Å². The van der Waals surface area contributed by atoms with E-state index in [4.69, 9.17) is 0 Å². The molecule has 0 bridgehead atoms. The van der Waals surface area contributed by atoms with Crippen LogP contribution in [0, 0.1) is 0 Å². The molecule has 0 radical (unpaired) electrons. The lowest BCUT2D eigenvalue weighted by molar-refractivity contribution is -0.141. The molecule has 7 heteroatoms. The van der Waals surface area contributed by atoms with Crippen LogP contribution < -0.4 is 0 Å². The highest BCUT2D eigenvalue weighted by Gasteiger charge is 2.43. The van der Waals surface area contributed by atoms with Crippen LogP contribution in [0.25, 0.3) is 10.9 Å². The molecule has 0 atom stereocenters. The van der Waals surface area contributed by atoms with Crippen molar-refractivity contribution in [1.82, 2.24) is 14.8 Å². The molecule has 23 heavy (non-hydrogen) atoms. The molecule has 118 valence electrons. The van der Waals surface area contributed by atoms with E-state index < -0.39 is 0 Å². The molecule has 4 rings (SSSR count). The molecule has 3 heterocycles. The smallest absolute Gasteiger partial charge is 0.289 e. The van der Waals surface area contributed by atoms with E-state index in [1.165, 1.54) is 4.90 Å². The summed E-state index contributed by atoms with van der Waals surface area (Å²) in [6.45, 7) is 0.887. The highest BCUT2D eigenvalue weighted by molar-refractivity contribution is 8.14. The molecule has 2 aliphatic rings. The van der Waals surface area contributed by atoms with Gasteiger partial charge in [0.15, 0.2) is 0 Å². The van der Waals surface area contributed by atoms with Crippen molar-refractivity contribution < 1.29 is 14.4 Å². The van der Waals surface area contributed by atoms with Crippen LogP contribution in [0.3, 0.4) is 0 Å². The van der Waals surface area contributed by atoms with E-state index in [1.54, 1.807) is 4.90 Å². The first kappa shape index (κ1) is 14.3. The lowest BCUT2D eigenvalue weighted by atomic mass is 10.0. The molecule has 3 amide bonds. The molecule has 2 aliphatic heterocycles. The molecule has 2 fully saturated rings. The van der Waals surface area contributed by atoms with E-state index in [2.05, 4.69) is 4.98 Å². The van der Waals surface area contributed by atoms with Crippen molar-refractivity contribution in [3.63, 3.8) is 0 Å². The number of nitrogens with one attached hydrogen (secondary N) is 1. The number of aromatic amines is 1. The summed E-state index contributed by atoms with van der Waals surface area (Å²) in [5, 5.41) is 0.864. The molecule has 0 spiro atoms. The second-order valence-corrected chi connectivity index (χ2v) is 6.73. The summed E-state index contributed by atoms with van der Waals surface area (Å²) in [5.74, 6) is 0.102. The fraction of sp³-hybridized carbons (Fsp3) is 0.312. The van der Waals surface area contributed by atoms with Gasteiger partial charge in [-0.05, 0) is 11.6 Å². The average molecular weight is 329 g/mol. The van der Waals surface area contributed by atoms with Gasteiger partial charge in [0.1, 0.15) is 0 Å². The van der Waals surface area contributed by atoms with Gasteiger partial charge in [-0.1, -0.05) is 30.0 Å². The number of imide groups is 1. The molecule has 2 saturated heterocycles. The summed E-state index contributed by atoms with van der Waals surface area (Å²) in [6, 6.07) is 7.72. The Hall–Kier alpha value is -2.28. The SMILES string of the molecule is O=C(Cc1c[nH]c2ccccc12)N1CC(N2C(=O)CSC2=O)C1. The van der Waals surface area contributed by atoms with E-state index in [1.807, 2.05) is 30.5 Å². The fourth-order valence-electron chi connectivity index (χ4n) is 3.09. The van der Waals surface area contributed by atoms with E-state index in [0.717, 1.165) is 28.2 Å². The number of amides is 3. The van der Waals surface area contributed by atoms with Crippen molar-refractivity contribution in [2.75, 3.05) is 18.8 Å². The molecule has 2 aromatic rings. The first-order valence-electron chi connectivity index (χ1n) is 7.45. The van der Waals surface area contributed by atoms with E-state index >= 15 is 0 Å². The number of fused-ring (bicyclic) bond motifs is 1. The molecule has 0 unspecified atom stereocenters. The largest absolute Gasteiger partial charge is 0.361 e. The normalized spacial score (nSPS) is 18.8. The maximum Gasteiger partial charge on any atom is 0.289 e. The van der Waals surface area contributed by atoms with Crippen LogP contribution in [-0.4, -0.2) is 56.7 Å². The number of likely N-dealkylation sites (tertiary alicyclic amines) is 1. The summed E-state index contributed by atoms with van der Waals surface area (Å²) < 4.78 is 0. The van der Waals surface area contributed by atoms with Crippen molar-refractivity contribution in [2.24, 2.45) is 0 Å². The lowest BCUT2D eigenvalue weighted by Gasteiger charge is -2.42. The maximum absolute atomic E-state index is 12.4. The van der Waals surface area contributed by atoms with Crippen LogP contribution in [0.15, 0.2) is 30.5 Å². The summed E-state index contributed by atoms with van der Waals surface area (Å²) in [5.41, 5.74) is 1.99. The Balaban J connectivity index is 1.40. The van der Waals surface area contributed by atoms with Gasteiger partial charge in [-0.25, -0.2) is 0 Å². The molecule has 6 nitrogen and oxygen atoms in total. The predicted molar refractivity (Wildman–Crippen MR) is 87.1 cm³/mol. The van der Waals surface area contributed by atoms with Crippen LogP contribution in [0.5, 0.6) is 0 Å². The van der Waals surface area contributed by atoms with Gasteiger partial charge < -0.3 is 9.88 Å². The number of rotatable bonds is 3. The minimum atomic E-state index is -0.191. The molecule has 1 N–H and O–H groups in total. The molecular weight excluding hydrogens is 314 g/mol. The Morgan fingerprint density at radius 2 is 2.04 bits per heavy atom. The average Bonchev–Trinajstić information content (AvgIpc) is 3.04. The molecule has 0 saturated carbocycles. The number of nitrogens with zero attached hydrogens (tertiary/aromatic N) is 2. The summed E-state index contributed by atoms with van der Waals surface area (Å²) in [4.78, 5) is 41.9. The number of carbonyl (C=O) groups is 3. The highest BCUT2D eigenvalue weighted by Crippen LogP contribution is 2.27. The Bertz CT molecular complexity index is 794. The van der Waals surface area contributed by atoms with Gasteiger partial charge in [-0.15, -0.1) is 0 Å². The van der Waals surface area contributed by atoms with Gasteiger partial charge in [-0.2, -0.15) is 0 Å². The number of hydrogen-bond acceptors (Lipinski definition) is 4. The number of H-pyrrole nitrogens is 1. The Kier molecular flexibility index (Phi) is 3.37. The zero-order chi connectivity index (χ0) is 16.0. The zero-order valence-corrected chi connectivity index (χ0v) is 13.1. The number of aromatic nitrogens is 1. The van der Waals surface area contributed by atoms with Crippen molar-refractivity contribution in [1.29, 1.82) is 0 Å². The fourth-order valence-corrected chi connectivity index (χ4v) is 3.87. The van der Waals surface area contributed by atoms with E-state index in [-0.39, 0.29) is 28.8 Å². The van der Waals surface area contributed by atoms with Gasteiger partial charge >= 0.3 is 0 Å². The van der Waals surface area contributed by atoms with Crippen molar-refractivity contribution in [2.45, 2.75) is 12.5 Å². The minimum absolute atomic E-state index is 0.0257. The molecule has 0 aliphatic carbocycles. The Morgan fingerprint density at radius 3 is 2.78 bits per heavy atom. The number of carbonyl (C=O) groups excluding carboxylic acids is 3. The molecule has 1 aromatic heterocycles. The number of para-hydroxylation sites is 1. The molecular formula is C16H15N3O3S. The standard InChI is InChI=1S/C16H15N3O3S/c20-14(5-10-6-17-13-4-2-1-3-12(10)13)18-7-11(8-18)19-15(21)9-23-16(19)22/h1-4,6,11,17H,5,7-9H2. The molecule has 1 aromatic carbocycles. The van der Waals surface area contributed by atoms with Crippen LogP contribution in [-0.2, 0) is 16.0 Å². The van der Waals surface area contributed by atoms with Crippen LogP contribution >= 0.6 is 11.8 Å². The number of thioether (sulfide) groups is 1. The topological polar surface area (TPSA) is 73.5 Å². The van der Waals surface area contributed by atoms with Crippen LogP contribution in [0.4, 0.5) is 4.79 Å². The quantitative estimate of drug-likeness (QED) is 0.928. The second kappa shape index (κ2) is 5.42. The van der Waals surface area contributed by atoms with Crippen molar-refractivity contribution in [3.05, 3.63) is 36.0 Å². The van der Waals surface area contributed by atoms with Crippen molar-refractivity contribution in [3.8, 4) is 0 Å².